The van der Waals surface area contributed by atoms with E-state index in [4.69, 9.17) is 4.74 Å². The highest BCUT2D eigenvalue weighted by Crippen LogP contribution is 2.23. The zero-order valence-corrected chi connectivity index (χ0v) is 13.7. The number of likely N-dealkylation sites (N-methyl/N-ethyl adjacent to an activating group) is 1. The van der Waals surface area contributed by atoms with Gasteiger partial charge in [-0.15, -0.1) is 0 Å². The van der Waals surface area contributed by atoms with Crippen LogP contribution in [-0.4, -0.2) is 41.2 Å². The van der Waals surface area contributed by atoms with Crippen molar-refractivity contribution in [2.45, 2.75) is 32.8 Å². The minimum Gasteiger partial charge on any atom is -0.443 e. The summed E-state index contributed by atoms with van der Waals surface area (Å²) in [5, 5.41) is 0.892. The van der Waals surface area contributed by atoms with Crippen LogP contribution in [0.25, 0.3) is 10.9 Å². The van der Waals surface area contributed by atoms with Gasteiger partial charge in [-0.25, -0.2) is 4.79 Å². The maximum Gasteiger partial charge on any atom is 0.419 e. The molecule has 2 aromatic rings. The number of para-hydroxylation sites is 1. The lowest BCUT2D eigenvalue weighted by atomic mass is 10.1. The number of benzene rings is 1. The predicted molar refractivity (Wildman–Crippen MR) is 86.0 cm³/mol. The SMILES string of the molecule is CN(C)C(=O)Cc1cn(C(=O)OC(C)(C)C)c2ccccc12. The molecule has 2 rings (SSSR count). The van der Waals surface area contributed by atoms with Crippen molar-refractivity contribution in [1.29, 1.82) is 0 Å². The van der Waals surface area contributed by atoms with E-state index >= 15 is 0 Å². The van der Waals surface area contributed by atoms with Gasteiger partial charge in [0, 0.05) is 25.7 Å². The van der Waals surface area contributed by atoms with Gasteiger partial charge < -0.3 is 9.64 Å². The molecular weight excluding hydrogens is 280 g/mol. The number of ether oxygens (including phenoxy) is 1. The average Bonchev–Trinajstić information content (AvgIpc) is 2.76. The zero-order chi connectivity index (χ0) is 16.5. The first-order chi connectivity index (χ1) is 10.2. The lowest BCUT2D eigenvalue weighted by molar-refractivity contribution is -0.127. The second-order valence-electron chi connectivity index (χ2n) is 6.49. The van der Waals surface area contributed by atoms with Gasteiger partial charge in [-0.1, -0.05) is 18.2 Å². The molecule has 0 aliphatic carbocycles. The number of fused-ring (bicyclic) bond motifs is 1. The molecule has 1 amide bonds. The maximum atomic E-state index is 12.4. The molecule has 0 saturated carbocycles. The van der Waals surface area contributed by atoms with Crippen molar-refractivity contribution in [1.82, 2.24) is 9.47 Å². The van der Waals surface area contributed by atoms with E-state index in [-0.39, 0.29) is 12.3 Å². The van der Waals surface area contributed by atoms with Crippen molar-refractivity contribution in [2.24, 2.45) is 0 Å². The lowest BCUT2D eigenvalue weighted by Crippen LogP contribution is -2.26. The molecule has 5 nitrogen and oxygen atoms in total. The standard InChI is InChI=1S/C17H22N2O3/c1-17(2,3)22-16(21)19-11-12(10-15(20)18(4)5)13-8-6-7-9-14(13)19/h6-9,11H,10H2,1-5H3. The number of hydrogen-bond acceptors (Lipinski definition) is 3. The summed E-state index contributed by atoms with van der Waals surface area (Å²) < 4.78 is 6.90. The molecule has 0 aliphatic heterocycles. The molecule has 0 bridgehead atoms. The zero-order valence-electron chi connectivity index (χ0n) is 13.7. The molecule has 118 valence electrons. The Hall–Kier alpha value is -2.30. The van der Waals surface area contributed by atoms with E-state index in [2.05, 4.69) is 0 Å². The Bertz CT molecular complexity index is 708. The largest absolute Gasteiger partial charge is 0.443 e. The summed E-state index contributed by atoms with van der Waals surface area (Å²) in [5.41, 5.74) is 1.00. The summed E-state index contributed by atoms with van der Waals surface area (Å²) in [4.78, 5) is 25.9. The van der Waals surface area contributed by atoms with E-state index in [1.807, 2.05) is 45.0 Å². The lowest BCUT2D eigenvalue weighted by Gasteiger charge is -2.19. The van der Waals surface area contributed by atoms with Crippen molar-refractivity contribution in [2.75, 3.05) is 14.1 Å². The van der Waals surface area contributed by atoms with Gasteiger partial charge in [0.15, 0.2) is 0 Å². The molecule has 1 aromatic carbocycles. The normalized spacial score (nSPS) is 11.5. The topological polar surface area (TPSA) is 51.5 Å². The highest BCUT2D eigenvalue weighted by atomic mass is 16.6. The van der Waals surface area contributed by atoms with Crippen molar-refractivity contribution >= 4 is 22.9 Å². The number of rotatable bonds is 2. The van der Waals surface area contributed by atoms with Crippen LogP contribution in [0.5, 0.6) is 0 Å². The molecule has 0 aliphatic rings. The molecule has 0 fully saturated rings. The number of hydrogen-bond donors (Lipinski definition) is 0. The maximum absolute atomic E-state index is 12.4. The van der Waals surface area contributed by atoms with E-state index in [9.17, 15) is 9.59 Å². The number of carbonyl (C=O) groups excluding carboxylic acids is 2. The number of amides is 1. The Morgan fingerprint density at radius 2 is 1.82 bits per heavy atom. The highest BCUT2D eigenvalue weighted by molar-refractivity contribution is 5.94. The molecule has 0 saturated heterocycles. The Morgan fingerprint density at radius 1 is 1.18 bits per heavy atom. The fourth-order valence-electron chi connectivity index (χ4n) is 2.17. The molecular formula is C17H22N2O3. The molecule has 1 aromatic heterocycles. The first-order valence-corrected chi connectivity index (χ1v) is 7.21. The highest BCUT2D eigenvalue weighted by Gasteiger charge is 2.21. The van der Waals surface area contributed by atoms with Gasteiger partial charge in [0.05, 0.1) is 11.9 Å². The minimum absolute atomic E-state index is 0.00732. The third-order valence-electron chi connectivity index (χ3n) is 3.23. The van der Waals surface area contributed by atoms with Crippen LogP contribution in [-0.2, 0) is 16.0 Å². The second kappa shape index (κ2) is 5.83. The third kappa shape index (κ3) is 3.47. The van der Waals surface area contributed by atoms with E-state index in [1.54, 1.807) is 25.2 Å². The Kier molecular flexibility index (Phi) is 4.26. The molecule has 1 heterocycles. The quantitative estimate of drug-likeness (QED) is 0.856. The van der Waals surface area contributed by atoms with Crippen LogP contribution in [0.3, 0.4) is 0 Å². The fraction of sp³-hybridized carbons (Fsp3) is 0.412. The molecule has 0 atom stereocenters. The van der Waals surface area contributed by atoms with E-state index in [1.165, 1.54) is 4.57 Å². The summed E-state index contributed by atoms with van der Waals surface area (Å²) in [6.07, 6.45) is 1.51. The Labute approximate surface area is 130 Å². The molecule has 22 heavy (non-hydrogen) atoms. The van der Waals surface area contributed by atoms with Crippen LogP contribution in [0, 0.1) is 0 Å². The van der Waals surface area contributed by atoms with Gasteiger partial charge in [-0.2, -0.15) is 0 Å². The summed E-state index contributed by atoms with van der Waals surface area (Å²) >= 11 is 0. The monoisotopic (exact) mass is 302 g/mol. The van der Waals surface area contributed by atoms with Gasteiger partial charge >= 0.3 is 6.09 Å². The molecule has 0 spiro atoms. The van der Waals surface area contributed by atoms with Gasteiger partial charge in [-0.3, -0.25) is 9.36 Å². The van der Waals surface area contributed by atoms with Crippen molar-refractivity contribution in [3.05, 3.63) is 36.0 Å². The van der Waals surface area contributed by atoms with Crippen molar-refractivity contribution < 1.29 is 14.3 Å². The average molecular weight is 302 g/mol. The van der Waals surface area contributed by atoms with Gasteiger partial charge in [0.2, 0.25) is 5.91 Å². The van der Waals surface area contributed by atoms with Crippen LogP contribution >= 0.6 is 0 Å². The van der Waals surface area contributed by atoms with Gasteiger partial charge in [0.25, 0.3) is 0 Å². The van der Waals surface area contributed by atoms with Crippen LogP contribution in [0.15, 0.2) is 30.5 Å². The predicted octanol–water partition coefficient (Wildman–Crippen LogP) is 3.06. The minimum atomic E-state index is -0.567. The van der Waals surface area contributed by atoms with Crippen molar-refractivity contribution in [3.8, 4) is 0 Å². The van der Waals surface area contributed by atoms with Gasteiger partial charge in [-0.05, 0) is 32.4 Å². The molecule has 0 radical (unpaired) electrons. The van der Waals surface area contributed by atoms with E-state index < -0.39 is 11.7 Å². The number of nitrogens with zero attached hydrogens (tertiary/aromatic N) is 2. The summed E-state index contributed by atoms with van der Waals surface area (Å²) in [7, 11) is 3.44. The van der Waals surface area contributed by atoms with E-state index in [0.717, 1.165) is 16.5 Å². The van der Waals surface area contributed by atoms with E-state index in [0.29, 0.717) is 0 Å². The van der Waals surface area contributed by atoms with Gasteiger partial charge in [0.1, 0.15) is 5.60 Å². The second-order valence-corrected chi connectivity index (χ2v) is 6.49. The van der Waals surface area contributed by atoms with Crippen LogP contribution < -0.4 is 0 Å². The molecule has 0 unspecified atom stereocenters. The Balaban J connectivity index is 2.44. The number of aromatic nitrogens is 1. The fourth-order valence-corrected chi connectivity index (χ4v) is 2.17. The molecule has 5 heteroatoms. The first kappa shape index (κ1) is 16.1. The van der Waals surface area contributed by atoms with Crippen LogP contribution in [0.4, 0.5) is 4.79 Å². The third-order valence-corrected chi connectivity index (χ3v) is 3.23. The first-order valence-electron chi connectivity index (χ1n) is 7.21. The smallest absolute Gasteiger partial charge is 0.419 e. The van der Waals surface area contributed by atoms with Crippen LogP contribution in [0.1, 0.15) is 26.3 Å². The van der Waals surface area contributed by atoms with Crippen molar-refractivity contribution in [3.63, 3.8) is 0 Å². The van der Waals surface area contributed by atoms with Crippen LogP contribution in [0.2, 0.25) is 0 Å². The summed E-state index contributed by atoms with van der Waals surface area (Å²) in [5.74, 6) is -0.00732. The summed E-state index contributed by atoms with van der Waals surface area (Å²) in [6, 6.07) is 7.52. The summed E-state index contributed by atoms with van der Waals surface area (Å²) in [6.45, 7) is 5.48. The number of carbonyl (C=O) groups is 2. The molecule has 0 N–H and O–H groups in total. The Morgan fingerprint density at radius 3 is 2.41 bits per heavy atom.